The summed E-state index contributed by atoms with van der Waals surface area (Å²) in [4.78, 5) is 4.43. The number of sulfonamides is 1. The molecule has 25 heavy (non-hydrogen) atoms. The summed E-state index contributed by atoms with van der Waals surface area (Å²) in [5, 5.41) is 2.53. The average molecular weight is 369 g/mol. The van der Waals surface area contributed by atoms with Crippen molar-refractivity contribution in [2.75, 3.05) is 4.72 Å². The Morgan fingerprint density at radius 3 is 2.36 bits per heavy atom. The van der Waals surface area contributed by atoms with Gasteiger partial charge in [-0.1, -0.05) is 54.1 Å². The molecule has 4 rings (SSSR count). The highest BCUT2D eigenvalue weighted by molar-refractivity contribution is 7.93. The van der Waals surface area contributed by atoms with E-state index in [0.717, 1.165) is 10.8 Å². The van der Waals surface area contributed by atoms with Gasteiger partial charge in [0.25, 0.3) is 10.0 Å². The Kier molecular flexibility index (Phi) is 3.82. The number of anilines is 1. The lowest BCUT2D eigenvalue weighted by molar-refractivity contribution is 0.602. The standard InChI is InChI=1S/C19H13ClN2O2S/c20-15-9-1-5-13-6-3-11-17(18(13)15)25(23,24)22-16-10-2-7-14-8-4-12-21-19(14)16/h1-12,22H. The predicted octanol–water partition coefficient (Wildman–Crippen LogP) is 4.84. The van der Waals surface area contributed by atoms with Gasteiger partial charge in [-0.25, -0.2) is 8.42 Å². The van der Waals surface area contributed by atoms with Crippen molar-refractivity contribution in [1.29, 1.82) is 0 Å². The smallest absolute Gasteiger partial charge is 0.262 e. The number of pyridine rings is 1. The quantitative estimate of drug-likeness (QED) is 0.562. The third-order valence-corrected chi connectivity index (χ3v) is 5.71. The molecule has 124 valence electrons. The number of hydrogen-bond acceptors (Lipinski definition) is 3. The van der Waals surface area contributed by atoms with Crippen molar-refractivity contribution >= 4 is 49.0 Å². The Bertz CT molecular complexity index is 1200. The molecule has 0 atom stereocenters. The first-order valence-electron chi connectivity index (χ1n) is 7.60. The van der Waals surface area contributed by atoms with Crippen LogP contribution in [0.15, 0.2) is 77.8 Å². The van der Waals surface area contributed by atoms with E-state index >= 15 is 0 Å². The maximum Gasteiger partial charge on any atom is 0.262 e. The number of hydrogen-bond donors (Lipinski definition) is 1. The lowest BCUT2D eigenvalue weighted by atomic mass is 10.1. The Hall–Kier alpha value is -2.63. The van der Waals surface area contributed by atoms with Crippen LogP contribution in [0, 0.1) is 0 Å². The van der Waals surface area contributed by atoms with Crippen LogP contribution in [0.1, 0.15) is 0 Å². The van der Waals surface area contributed by atoms with Gasteiger partial charge >= 0.3 is 0 Å². The maximum atomic E-state index is 13.0. The average Bonchev–Trinajstić information content (AvgIpc) is 2.62. The Balaban J connectivity index is 1.89. The second kappa shape index (κ2) is 6.02. The molecule has 0 unspecified atom stereocenters. The van der Waals surface area contributed by atoms with Crippen molar-refractivity contribution in [2.45, 2.75) is 4.90 Å². The van der Waals surface area contributed by atoms with Crippen LogP contribution in [0.4, 0.5) is 5.69 Å². The Labute approximate surface area is 150 Å². The molecule has 0 saturated carbocycles. The fourth-order valence-electron chi connectivity index (χ4n) is 2.87. The van der Waals surface area contributed by atoms with E-state index in [0.29, 0.717) is 21.6 Å². The lowest BCUT2D eigenvalue weighted by Gasteiger charge is -2.12. The summed E-state index contributed by atoms with van der Waals surface area (Å²) in [6.07, 6.45) is 1.63. The molecule has 6 heteroatoms. The zero-order chi connectivity index (χ0) is 17.4. The van der Waals surface area contributed by atoms with Crippen molar-refractivity contribution in [3.63, 3.8) is 0 Å². The first-order valence-corrected chi connectivity index (χ1v) is 9.46. The second-order valence-corrected chi connectivity index (χ2v) is 7.64. The van der Waals surface area contributed by atoms with Gasteiger partial charge in [0.2, 0.25) is 0 Å². The van der Waals surface area contributed by atoms with Gasteiger partial charge in [0, 0.05) is 22.0 Å². The molecule has 1 N–H and O–H groups in total. The van der Waals surface area contributed by atoms with Gasteiger partial charge in [-0.15, -0.1) is 0 Å². The molecule has 0 saturated heterocycles. The van der Waals surface area contributed by atoms with Crippen molar-refractivity contribution < 1.29 is 8.42 Å². The van der Waals surface area contributed by atoms with Crippen molar-refractivity contribution in [1.82, 2.24) is 4.98 Å². The second-order valence-electron chi connectivity index (χ2n) is 5.58. The number of rotatable bonds is 3. The van der Waals surface area contributed by atoms with E-state index in [1.54, 1.807) is 42.6 Å². The fraction of sp³-hybridized carbons (Fsp3) is 0. The molecule has 0 amide bonds. The highest BCUT2D eigenvalue weighted by Gasteiger charge is 2.20. The molecule has 3 aromatic carbocycles. The van der Waals surface area contributed by atoms with E-state index < -0.39 is 10.0 Å². The summed E-state index contributed by atoms with van der Waals surface area (Å²) < 4.78 is 28.7. The minimum absolute atomic E-state index is 0.142. The predicted molar refractivity (Wildman–Crippen MR) is 102 cm³/mol. The zero-order valence-corrected chi connectivity index (χ0v) is 14.6. The van der Waals surface area contributed by atoms with Crippen LogP contribution in [0.25, 0.3) is 21.7 Å². The summed E-state index contributed by atoms with van der Waals surface area (Å²) in [6, 6.07) is 19.5. The summed E-state index contributed by atoms with van der Waals surface area (Å²) in [6.45, 7) is 0. The number of para-hydroxylation sites is 1. The van der Waals surface area contributed by atoms with Crippen LogP contribution in [0.2, 0.25) is 5.02 Å². The van der Waals surface area contributed by atoms with Gasteiger partial charge in [-0.05, 0) is 29.7 Å². The Morgan fingerprint density at radius 2 is 1.52 bits per heavy atom. The number of benzene rings is 3. The molecule has 0 aliphatic rings. The molecule has 0 bridgehead atoms. The molecule has 1 heterocycles. The van der Waals surface area contributed by atoms with Gasteiger partial charge < -0.3 is 0 Å². The molecule has 4 aromatic rings. The minimum atomic E-state index is -3.83. The summed E-state index contributed by atoms with van der Waals surface area (Å²) in [5.74, 6) is 0. The summed E-state index contributed by atoms with van der Waals surface area (Å²) >= 11 is 6.26. The molecule has 0 aliphatic heterocycles. The van der Waals surface area contributed by atoms with E-state index in [-0.39, 0.29) is 4.90 Å². The van der Waals surface area contributed by atoms with Crippen LogP contribution in [0.5, 0.6) is 0 Å². The first-order chi connectivity index (χ1) is 12.1. The zero-order valence-electron chi connectivity index (χ0n) is 13.0. The fourth-order valence-corrected chi connectivity index (χ4v) is 4.53. The number of nitrogens with one attached hydrogen (secondary N) is 1. The molecule has 0 radical (unpaired) electrons. The SMILES string of the molecule is O=S(=O)(Nc1cccc2cccnc12)c1cccc2cccc(Cl)c12. The number of aromatic nitrogens is 1. The van der Waals surface area contributed by atoms with E-state index in [4.69, 9.17) is 11.6 Å². The first kappa shape index (κ1) is 15.9. The van der Waals surface area contributed by atoms with E-state index in [1.165, 1.54) is 0 Å². The van der Waals surface area contributed by atoms with Crippen molar-refractivity contribution in [2.24, 2.45) is 0 Å². The van der Waals surface area contributed by atoms with E-state index in [2.05, 4.69) is 9.71 Å². The topological polar surface area (TPSA) is 59.1 Å². The van der Waals surface area contributed by atoms with Gasteiger partial charge in [-0.3, -0.25) is 9.71 Å². The number of halogens is 1. The van der Waals surface area contributed by atoms with E-state index in [9.17, 15) is 8.42 Å². The summed E-state index contributed by atoms with van der Waals surface area (Å²) in [7, 11) is -3.83. The van der Waals surface area contributed by atoms with Gasteiger partial charge in [-0.2, -0.15) is 0 Å². The lowest BCUT2D eigenvalue weighted by Crippen LogP contribution is -2.14. The van der Waals surface area contributed by atoms with Gasteiger partial charge in [0.05, 0.1) is 16.1 Å². The molecule has 0 aliphatic carbocycles. The van der Waals surface area contributed by atoms with Crippen molar-refractivity contribution in [3.8, 4) is 0 Å². The monoisotopic (exact) mass is 368 g/mol. The molecule has 1 aromatic heterocycles. The minimum Gasteiger partial charge on any atom is -0.277 e. The molecular formula is C19H13ClN2O2S. The largest absolute Gasteiger partial charge is 0.277 e. The van der Waals surface area contributed by atoms with Crippen LogP contribution in [-0.2, 0) is 10.0 Å². The molecule has 0 fully saturated rings. The van der Waals surface area contributed by atoms with Gasteiger partial charge in [0.1, 0.15) is 0 Å². The van der Waals surface area contributed by atoms with Crippen LogP contribution in [-0.4, -0.2) is 13.4 Å². The maximum absolute atomic E-state index is 13.0. The van der Waals surface area contributed by atoms with Gasteiger partial charge in [0.15, 0.2) is 0 Å². The van der Waals surface area contributed by atoms with Crippen molar-refractivity contribution in [3.05, 3.63) is 77.9 Å². The number of fused-ring (bicyclic) bond motifs is 2. The third-order valence-electron chi connectivity index (χ3n) is 3.98. The Morgan fingerprint density at radius 1 is 0.840 bits per heavy atom. The van der Waals surface area contributed by atoms with E-state index in [1.807, 2.05) is 30.3 Å². The third kappa shape index (κ3) is 2.81. The highest BCUT2D eigenvalue weighted by Crippen LogP contribution is 2.31. The molecule has 4 nitrogen and oxygen atoms in total. The van der Waals surface area contributed by atoms with Crippen LogP contribution < -0.4 is 4.72 Å². The normalized spacial score (nSPS) is 11.7. The van der Waals surface area contributed by atoms with Crippen LogP contribution in [0.3, 0.4) is 0 Å². The highest BCUT2D eigenvalue weighted by atomic mass is 35.5. The van der Waals surface area contributed by atoms with Crippen LogP contribution >= 0.6 is 11.6 Å². The summed E-state index contributed by atoms with van der Waals surface area (Å²) in [5.41, 5.74) is 1.03. The molecule has 0 spiro atoms. The molecular weight excluding hydrogens is 356 g/mol. The number of nitrogens with zero attached hydrogens (tertiary/aromatic N) is 1.